The van der Waals surface area contributed by atoms with E-state index in [0.717, 1.165) is 12.0 Å². The average molecular weight is 292 g/mol. The molecule has 0 amide bonds. The molecule has 1 aromatic heterocycles. The van der Waals surface area contributed by atoms with E-state index >= 15 is 0 Å². The fraction of sp³-hybridized carbons (Fsp3) is 0.214. The van der Waals surface area contributed by atoms with Crippen LogP contribution in [0.15, 0.2) is 47.5 Å². The third kappa shape index (κ3) is 3.79. The van der Waals surface area contributed by atoms with Gasteiger partial charge in [-0.25, -0.2) is 13.4 Å². The first kappa shape index (κ1) is 14.5. The Bertz CT molecular complexity index is 665. The maximum absolute atomic E-state index is 11.3. The van der Waals surface area contributed by atoms with Crippen LogP contribution >= 0.6 is 0 Å². The summed E-state index contributed by atoms with van der Waals surface area (Å²) in [6.07, 6.45) is 3.66. The summed E-state index contributed by atoms with van der Waals surface area (Å²) in [5.74, 6) is 0.995. The van der Waals surface area contributed by atoms with Gasteiger partial charge in [-0.15, -0.1) is 0 Å². The Hall–Kier alpha value is -1.92. The molecule has 0 saturated heterocycles. The van der Waals surface area contributed by atoms with Crippen molar-refractivity contribution in [2.24, 2.45) is 5.73 Å². The summed E-state index contributed by atoms with van der Waals surface area (Å²) in [5.41, 5.74) is 6.51. The lowest BCUT2D eigenvalue weighted by atomic mass is 10.2. The van der Waals surface area contributed by atoms with E-state index in [-0.39, 0.29) is 4.90 Å². The van der Waals surface area contributed by atoms with Crippen molar-refractivity contribution in [3.05, 3.63) is 48.2 Å². The van der Waals surface area contributed by atoms with Gasteiger partial charge >= 0.3 is 0 Å². The van der Waals surface area contributed by atoms with Gasteiger partial charge in [0, 0.05) is 18.5 Å². The maximum atomic E-state index is 11.3. The normalized spacial score (nSPS) is 11.3. The van der Waals surface area contributed by atoms with Crippen LogP contribution in [0.4, 0.5) is 0 Å². The highest BCUT2D eigenvalue weighted by molar-refractivity contribution is 7.90. The second-order valence-corrected chi connectivity index (χ2v) is 6.40. The van der Waals surface area contributed by atoms with Gasteiger partial charge in [0.2, 0.25) is 5.88 Å². The Morgan fingerprint density at radius 2 is 1.85 bits per heavy atom. The lowest BCUT2D eigenvalue weighted by Crippen LogP contribution is -2.02. The summed E-state index contributed by atoms with van der Waals surface area (Å²) in [4.78, 5) is 4.43. The smallest absolute Gasteiger partial charge is 0.219 e. The minimum atomic E-state index is -3.19. The zero-order valence-corrected chi connectivity index (χ0v) is 11.9. The molecule has 0 atom stereocenters. The largest absolute Gasteiger partial charge is 0.439 e. The number of hydrogen-bond donors (Lipinski definition) is 1. The Morgan fingerprint density at radius 1 is 1.15 bits per heavy atom. The van der Waals surface area contributed by atoms with Crippen LogP contribution in [0.2, 0.25) is 0 Å². The summed E-state index contributed by atoms with van der Waals surface area (Å²) >= 11 is 0. The lowest BCUT2D eigenvalue weighted by Gasteiger charge is -2.06. The second kappa shape index (κ2) is 6.02. The lowest BCUT2D eigenvalue weighted by molar-refractivity contribution is 0.462. The number of sulfone groups is 1. The SMILES string of the molecule is CS(=O)(=O)c1ccc(Oc2ccc(CCN)cn2)cc1. The Kier molecular flexibility index (Phi) is 4.36. The van der Waals surface area contributed by atoms with E-state index in [1.165, 1.54) is 18.4 Å². The quantitative estimate of drug-likeness (QED) is 0.908. The van der Waals surface area contributed by atoms with E-state index in [9.17, 15) is 8.42 Å². The monoisotopic (exact) mass is 292 g/mol. The first-order valence-electron chi connectivity index (χ1n) is 6.12. The van der Waals surface area contributed by atoms with Crippen molar-refractivity contribution >= 4 is 9.84 Å². The fourth-order valence-electron chi connectivity index (χ4n) is 1.66. The van der Waals surface area contributed by atoms with Gasteiger partial charge < -0.3 is 10.5 Å². The van der Waals surface area contributed by atoms with Crippen molar-refractivity contribution < 1.29 is 13.2 Å². The molecular formula is C14H16N2O3S. The zero-order chi connectivity index (χ0) is 14.6. The third-order valence-electron chi connectivity index (χ3n) is 2.70. The van der Waals surface area contributed by atoms with E-state index < -0.39 is 9.84 Å². The van der Waals surface area contributed by atoms with Gasteiger partial charge in [0.1, 0.15) is 5.75 Å². The molecule has 6 heteroatoms. The van der Waals surface area contributed by atoms with Gasteiger partial charge in [0.25, 0.3) is 0 Å². The molecule has 1 aromatic carbocycles. The molecule has 0 saturated carbocycles. The average Bonchev–Trinajstić information content (AvgIpc) is 2.41. The van der Waals surface area contributed by atoms with Crippen molar-refractivity contribution in [2.75, 3.05) is 12.8 Å². The first-order valence-corrected chi connectivity index (χ1v) is 8.01. The van der Waals surface area contributed by atoms with Crippen LogP contribution in [0.25, 0.3) is 0 Å². The van der Waals surface area contributed by atoms with E-state index in [2.05, 4.69) is 4.98 Å². The van der Waals surface area contributed by atoms with Gasteiger partial charge in [0.05, 0.1) is 4.90 Å². The molecule has 0 radical (unpaired) electrons. The van der Waals surface area contributed by atoms with Crippen LogP contribution in [0.1, 0.15) is 5.56 Å². The fourth-order valence-corrected chi connectivity index (χ4v) is 2.29. The predicted molar refractivity (Wildman–Crippen MR) is 76.6 cm³/mol. The number of nitrogens with zero attached hydrogens (tertiary/aromatic N) is 1. The van der Waals surface area contributed by atoms with Crippen molar-refractivity contribution in [1.29, 1.82) is 0 Å². The van der Waals surface area contributed by atoms with Crippen molar-refractivity contribution in [2.45, 2.75) is 11.3 Å². The highest BCUT2D eigenvalue weighted by Gasteiger charge is 2.07. The first-order chi connectivity index (χ1) is 9.49. The molecule has 0 fully saturated rings. The van der Waals surface area contributed by atoms with E-state index in [4.69, 9.17) is 10.5 Å². The molecule has 0 aliphatic carbocycles. The maximum Gasteiger partial charge on any atom is 0.219 e. The number of hydrogen-bond acceptors (Lipinski definition) is 5. The summed E-state index contributed by atoms with van der Waals surface area (Å²) in [5, 5.41) is 0. The summed E-state index contributed by atoms with van der Waals surface area (Å²) in [6, 6.07) is 9.88. The van der Waals surface area contributed by atoms with Gasteiger partial charge in [-0.1, -0.05) is 6.07 Å². The molecule has 2 aromatic rings. The number of rotatable bonds is 5. The molecular weight excluding hydrogens is 276 g/mol. The number of nitrogens with two attached hydrogens (primary N) is 1. The highest BCUT2D eigenvalue weighted by Crippen LogP contribution is 2.21. The molecule has 2 rings (SSSR count). The molecule has 0 aliphatic rings. The molecule has 5 nitrogen and oxygen atoms in total. The van der Waals surface area contributed by atoms with Crippen LogP contribution < -0.4 is 10.5 Å². The molecule has 106 valence electrons. The molecule has 1 heterocycles. The standard InChI is InChI=1S/C14H16N2O3S/c1-20(17,18)13-5-3-12(4-6-13)19-14-7-2-11(8-9-15)10-16-14/h2-7,10H,8-9,15H2,1H3. The number of benzene rings is 1. The van der Waals surface area contributed by atoms with E-state index in [1.807, 2.05) is 6.07 Å². The van der Waals surface area contributed by atoms with Crippen LogP contribution in [0.5, 0.6) is 11.6 Å². The molecule has 0 bridgehead atoms. The van der Waals surface area contributed by atoms with Crippen LogP contribution in [0.3, 0.4) is 0 Å². The molecule has 0 spiro atoms. The van der Waals surface area contributed by atoms with Crippen molar-refractivity contribution in [3.8, 4) is 11.6 Å². The summed E-state index contributed by atoms with van der Waals surface area (Å²) in [6.45, 7) is 0.578. The van der Waals surface area contributed by atoms with Gasteiger partial charge in [0.15, 0.2) is 9.84 Å². The summed E-state index contributed by atoms with van der Waals surface area (Å²) < 4.78 is 28.2. The number of aromatic nitrogens is 1. The Labute approximate surface area is 118 Å². The van der Waals surface area contributed by atoms with Crippen molar-refractivity contribution in [3.63, 3.8) is 0 Å². The minimum absolute atomic E-state index is 0.260. The molecule has 2 N–H and O–H groups in total. The van der Waals surface area contributed by atoms with Crippen LogP contribution in [-0.2, 0) is 16.3 Å². The van der Waals surface area contributed by atoms with Gasteiger partial charge in [-0.2, -0.15) is 0 Å². The van der Waals surface area contributed by atoms with Crippen molar-refractivity contribution in [1.82, 2.24) is 4.98 Å². The molecule has 20 heavy (non-hydrogen) atoms. The minimum Gasteiger partial charge on any atom is -0.439 e. The molecule has 0 unspecified atom stereocenters. The zero-order valence-electron chi connectivity index (χ0n) is 11.1. The third-order valence-corrected chi connectivity index (χ3v) is 3.83. The second-order valence-electron chi connectivity index (χ2n) is 4.39. The molecule has 0 aliphatic heterocycles. The Morgan fingerprint density at radius 3 is 2.35 bits per heavy atom. The van der Waals surface area contributed by atoms with Gasteiger partial charge in [-0.05, 0) is 42.8 Å². The van der Waals surface area contributed by atoms with Gasteiger partial charge in [-0.3, -0.25) is 0 Å². The van der Waals surface area contributed by atoms with Crippen LogP contribution in [0, 0.1) is 0 Å². The predicted octanol–water partition coefficient (Wildman–Crippen LogP) is 1.78. The Balaban J connectivity index is 2.10. The number of pyridine rings is 1. The van der Waals surface area contributed by atoms with Crippen LogP contribution in [-0.4, -0.2) is 26.2 Å². The summed E-state index contributed by atoms with van der Waals surface area (Å²) in [7, 11) is -3.19. The van der Waals surface area contributed by atoms with E-state index in [1.54, 1.807) is 24.4 Å². The highest BCUT2D eigenvalue weighted by atomic mass is 32.2. The van der Waals surface area contributed by atoms with E-state index in [0.29, 0.717) is 18.2 Å². The number of ether oxygens (including phenoxy) is 1. The topological polar surface area (TPSA) is 82.3 Å².